The molecule has 0 aliphatic carbocycles. The highest BCUT2D eigenvalue weighted by atomic mass is 16.5. The molecule has 2 heterocycles. The van der Waals surface area contributed by atoms with E-state index >= 15 is 0 Å². The fourth-order valence-corrected chi connectivity index (χ4v) is 3.69. The van der Waals surface area contributed by atoms with Crippen LogP contribution in [0.2, 0.25) is 0 Å². The third-order valence-corrected chi connectivity index (χ3v) is 5.14. The number of benzene rings is 2. The van der Waals surface area contributed by atoms with Crippen LogP contribution in [-0.4, -0.2) is 23.0 Å². The second-order valence-electron chi connectivity index (χ2n) is 7.07. The van der Waals surface area contributed by atoms with Gasteiger partial charge in [-0.1, -0.05) is 42.3 Å². The monoisotopic (exact) mass is 334 g/mol. The molecule has 1 aliphatic heterocycles. The zero-order chi connectivity index (χ0) is 17.1. The summed E-state index contributed by atoms with van der Waals surface area (Å²) in [6.45, 7) is 6.10. The van der Waals surface area contributed by atoms with Crippen LogP contribution in [0.1, 0.15) is 36.1 Å². The second-order valence-corrected chi connectivity index (χ2v) is 7.07. The number of nitrogens with zero attached hydrogens (tertiary/aromatic N) is 1. The first-order valence-corrected chi connectivity index (χ1v) is 9.30. The van der Waals surface area contributed by atoms with Crippen molar-refractivity contribution in [1.82, 2.24) is 9.88 Å². The van der Waals surface area contributed by atoms with Gasteiger partial charge in [0.25, 0.3) is 0 Å². The van der Waals surface area contributed by atoms with Crippen molar-refractivity contribution in [1.29, 1.82) is 0 Å². The van der Waals surface area contributed by atoms with E-state index in [9.17, 15) is 0 Å². The highest BCUT2D eigenvalue weighted by molar-refractivity contribution is 5.84. The highest BCUT2D eigenvalue weighted by Gasteiger charge is 2.17. The molecule has 0 radical (unpaired) electrons. The smallest absolute Gasteiger partial charge is 0.128 e. The summed E-state index contributed by atoms with van der Waals surface area (Å²) in [4.78, 5) is 6.16. The number of likely N-dealkylation sites (tertiary alicyclic amines) is 1. The van der Waals surface area contributed by atoms with Crippen molar-refractivity contribution >= 4 is 10.9 Å². The molecule has 1 aliphatic rings. The predicted molar refractivity (Wildman–Crippen MR) is 103 cm³/mol. The van der Waals surface area contributed by atoms with Gasteiger partial charge in [0.15, 0.2) is 0 Å². The second kappa shape index (κ2) is 7.32. The summed E-state index contributed by atoms with van der Waals surface area (Å²) in [6.07, 6.45) is 4.00. The zero-order valence-electron chi connectivity index (χ0n) is 14.9. The number of piperidine rings is 1. The van der Waals surface area contributed by atoms with Crippen LogP contribution in [0, 0.1) is 6.92 Å². The van der Waals surface area contributed by atoms with E-state index in [1.165, 1.54) is 60.1 Å². The fourth-order valence-electron chi connectivity index (χ4n) is 3.69. The number of hydrogen-bond donors (Lipinski definition) is 1. The van der Waals surface area contributed by atoms with E-state index in [4.69, 9.17) is 4.74 Å². The van der Waals surface area contributed by atoms with Gasteiger partial charge in [0.05, 0.1) is 5.69 Å². The van der Waals surface area contributed by atoms with E-state index in [1.807, 2.05) is 12.1 Å². The number of hydrogen-bond acceptors (Lipinski definition) is 2. The van der Waals surface area contributed by atoms with Gasteiger partial charge >= 0.3 is 0 Å². The van der Waals surface area contributed by atoms with Crippen molar-refractivity contribution in [3.8, 4) is 5.75 Å². The average molecular weight is 334 g/mol. The molecule has 0 atom stereocenters. The van der Waals surface area contributed by atoms with Crippen LogP contribution in [0.25, 0.3) is 10.9 Å². The molecule has 1 saturated heterocycles. The first kappa shape index (κ1) is 16.2. The molecule has 3 nitrogen and oxygen atoms in total. The third kappa shape index (κ3) is 3.72. The summed E-state index contributed by atoms with van der Waals surface area (Å²) >= 11 is 0. The molecular formula is C22H26N2O. The number of para-hydroxylation sites is 1. The van der Waals surface area contributed by atoms with Crippen molar-refractivity contribution < 1.29 is 4.74 Å². The number of H-pyrrole nitrogens is 1. The number of fused-ring (bicyclic) bond motifs is 1. The molecule has 1 N–H and O–H groups in total. The van der Waals surface area contributed by atoms with E-state index in [1.54, 1.807) is 0 Å². The minimum absolute atomic E-state index is 0.584. The summed E-state index contributed by atoms with van der Waals surface area (Å²) in [5.74, 6) is 0.924. The number of aromatic nitrogens is 1. The number of nitrogens with one attached hydrogen (secondary N) is 1. The van der Waals surface area contributed by atoms with Gasteiger partial charge in [-0.25, -0.2) is 0 Å². The van der Waals surface area contributed by atoms with Gasteiger partial charge in [0, 0.05) is 17.4 Å². The molecular weight excluding hydrogens is 308 g/mol. The zero-order valence-corrected chi connectivity index (χ0v) is 14.9. The molecule has 0 bridgehead atoms. The average Bonchev–Trinajstić information content (AvgIpc) is 3.00. The maximum absolute atomic E-state index is 6.06. The van der Waals surface area contributed by atoms with E-state index in [2.05, 4.69) is 53.2 Å². The van der Waals surface area contributed by atoms with Crippen molar-refractivity contribution in [3.05, 3.63) is 65.4 Å². The molecule has 4 rings (SSSR count). The molecule has 0 saturated carbocycles. The lowest BCUT2D eigenvalue weighted by Crippen LogP contribution is -2.29. The van der Waals surface area contributed by atoms with Crippen LogP contribution in [-0.2, 0) is 13.2 Å². The predicted octanol–water partition coefficient (Wildman–Crippen LogP) is 5.04. The molecule has 1 fully saturated rings. The molecule has 0 unspecified atom stereocenters. The van der Waals surface area contributed by atoms with Crippen LogP contribution in [0.15, 0.2) is 48.5 Å². The molecule has 25 heavy (non-hydrogen) atoms. The van der Waals surface area contributed by atoms with Gasteiger partial charge < -0.3 is 9.72 Å². The summed E-state index contributed by atoms with van der Waals surface area (Å²) in [6, 6.07) is 16.9. The minimum Gasteiger partial charge on any atom is -0.487 e. The summed E-state index contributed by atoms with van der Waals surface area (Å²) in [7, 11) is 0. The summed E-state index contributed by atoms with van der Waals surface area (Å²) in [5.41, 5.74) is 5.05. The Morgan fingerprint density at radius 2 is 1.72 bits per heavy atom. The summed E-state index contributed by atoms with van der Waals surface area (Å²) < 4.78 is 6.06. The Morgan fingerprint density at radius 3 is 2.52 bits per heavy atom. The van der Waals surface area contributed by atoms with E-state index < -0.39 is 0 Å². The molecule has 0 spiro atoms. The van der Waals surface area contributed by atoms with Crippen LogP contribution in [0.3, 0.4) is 0 Å². The lowest BCUT2D eigenvalue weighted by atomic mass is 10.1. The van der Waals surface area contributed by atoms with Crippen LogP contribution in [0.4, 0.5) is 0 Å². The number of aryl methyl sites for hydroxylation is 1. The molecule has 3 aromatic rings. The fraction of sp³-hybridized carbons (Fsp3) is 0.364. The molecule has 1 aromatic heterocycles. The Balaban J connectivity index is 1.58. The van der Waals surface area contributed by atoms with Gasteiger partial charge in [-0.3, -0.25) is 4.90 Å². The Morgan fingerprint density at radius 1 is 0.960 bits per heavy atom. The van der Waals surface area contributed by atoms with E-state index in [-0.39, 0.29) is 0 Å². The Bertz CT molecular complexity index is 829. The highest BCUT2D eigenvalue weighted by Crippen LogP contribution is 2.26. The van der Waals surface area contributed by atoms with Gasteiger partial charge in [-0.15, -0.1) is 0 Å². The van der Waals surface area contributed by atoms with Crippen LogP contribution >= 0.6 is 0 Å². The van der Waals surface area contributed by atoms with Crippen LogP contribution in [0.5, 0.6) is 5.75 Å². The van der Waals surface area contributed by atoms with Gasteiger partial charge in [-0.2, -0.15) is 0 Å². The number of ether oxygens (including phenoxy) is 1. The minimum atomic E-state index is 0.584. The van der Waals surface area contributed by atoms with Crippen molar-refractivity contribution in [2.45, 2.75) is 39.3 Å². The Labute approximate surface area is 149 Å². The lowest BCUT2D eigenvalue weighted by Gasteiger charge is -2.26. The topological polar surface area (TPSA) is 28.3 Å². The lowest BCUT2D eigenvalue weighted by molar-refractivity contribution is 0.219. The van der Waals surface area contributed by atoms with E-state index in [0.717, 1.165) is 12.3 Å². The Hall–Kier alpha value is -2.26. The normalized spacial score (nSPS) is 15.6. The molecule has 0 amide bonds. The van der Waals surface area contributed by atoms with Crippen molar-refractivity contribution in [2.75, 3.05) is 13.1 Å². The molecule has 130 valence electrons. The quantitative estimate of drug-likeness (QED) is 0.708. The third-order valence-electron chi connectivity index (χ3n) is 5.14. The van der Waals surface area contributed by atoms with E-state index in [0.29, 0.717) is 6.61 Å². The SMILES string of the molecule is Cc1ccc(OCc2[nH]c3ccccc3c2CN2CCCCC2)cc1. The number of aromatic amines is 1. The summed E-state index contributed by atoms with van der Waals surface area (Å²) in [5, 5.41) is 1.33. The largest absolute Gasteiger partial charge is 0.487 e. The van der Waals surface area contributed by atoms with Gasteiger partial charge in [0.2, 0.25) is 0 Å². The standard InChI is InChI=1S/C22H26N2O/c1-17-9-11-18(12-10-17)25-16-22-20(15-24-13-5-2-6-14-24)19-7-3-4-8-21(19)23-22/h3-4,7-12,23H,2,5-6,13-16H2,1H3. The van der Waals surface area contributed by atoms with Crippen molar-refractivity contribution in [3.63, 3.8) is 0 Å². The number of rotatable bonds is 5. The van der Waals surface area contributed by atoms with Gasteiger partial charge in [-0.05, 0) is 56.6 Å². The molecule has 3 heteroatoms. The van der Waals surface area contributed by atoms with Crippen molar-refractivity contribution in [2.24, 2.45) is 0 Å². The maximum Gasteiger partial charge on any atom is 0.128 e. The first-order valence-electron chi connectivity index (χ1n) is 9.30. The van der Waals surface area contributed by atoms with Crippen LogP contribution < -0.4 is 4.74 Å². The Kier molecular flexibility index (Phi) is 4.75. The molecule has 2 aromatic carbocycles. The first-order chi connectivity index (χ1) is 12.3. The van der Waals surface area contributed by atoms with Gasteiger partial charge in [0.1, 0.15) is 12.4 Å². The maximum atomic E-state index is 6.06.